The van der Waals surface area contributed by atoms with Crippen LogP contribution in [0.2, 0.25) is 0 Å². The van der Waals surface area contributed by atoms with Crippen LogP contribution in [-0.4, -0.2) is 0 Å². The van der Waals surface area contributed by atoms with E-state index in [2.05, 4.69) is 65.8 Å². The highest BCUT2D eigenvalue weighted by Gasteiger charge is 2.10. The third-order valence-corrected chi connectivity index (χ3v) is 6.85. The smallest absolute Gasteiger partial charge is 0.418 e. The summed E-state index contributed by atoms with van der Waals surface area (Å²) in [6.07, 6.45) is 0. The molecule has 0 spiro atoms. The van der Waals surface area contributed by atoms with Crippen LogP contribution >= 0.6 is 8.25 Å². The predicted molar refractivity (Wildman–Crippen MR) is 142 cm³/mol. The minimum absolute atomic E-state index is 0.526. The normalized spacial score (nSPS) is 11.0. The maximum atomic E-state index is 12.5. The van der Waals surface area contributed by atoms with Crippen molar-refractivity contribution in [1.82, 2.24) is 0 Å². The van der Waals surface area contributed by atoms with Crippen molar-refractivity contribution >= 4 is 8.25 Å². The molecule has 0 saturated carbocycles. The molecule has 4 aromatic carbocycles. The fourth-order valence-corrected chi connectivity index (χ4v) is 5.56. The van der Waals surface area contributed by atoms with Gasteiger partial charge in [0.15, 0.2) is 0 Å². The molecule has 0 N–H and O–H groups in total. The van der Waals surface area contributed by atoms with E-state index in [4.69, 9.17) is 9.05 Å². The molecule has 0 aromatic heterocycles. The van der Waals surface area contributed by atoms with Gasteiger partial charge in [0.25, 0.3) is 0 Å². The SMILES string of the molecule is Cc1cc(C)c(-c2ccc(O[PH](=O)Oc3ccc(-c4c(C)cc(C)cc4C)cc3)cc2)c(C)c1. The maximum absolute atomic E-state index is 12.5. The Bertz CT molecular complexity index is 1200. The van der Waals surface area contributed by atoms with Gasteiger partial charge in [0.2, 0.25) is 0 Å². The summed E-state index contributed by atoms with van der Waals surface area (Å²) in [4.78, 5) is 0. The highest BCUT2D eigenvalue weighted by Crippen LogP contribution is 2.35. The summed E-state index contributed by atoms with van der Waals surface area (Å²) in [5.74, 6) is 1.05. The Kier molecular flexibility index (Phi) is 6.95. The van der Waals surface area contributed by atoms with Gasteiger partial charge in [-0.3, -0.25) is 0 Å². The Hall–Kier alpha value is -3.29. The lowest BCUT2D eigenvalue weighted by Gasteiger charge is -2.13. The second-order valence-corrected chi connectivity index (χ2v) is 9.96. The third kappa shape index (κ3) is 5.26. The Morgan fingerprint density at radius 3 is 1.09 bits per heavy atom. The summed E-state index contributed by atoms with van der Waals surface area (Å²) in [5, 5.41) is 0. The van der Waals surface area contributed by atoms with Gasteiger partial charge in [-0.05, 0) is 110 Å². The van der Waals surface area contributed by atoms with Crippen LogP contribution in [0.4, 0.5) is 0 Å². The first-order valence-corrected chi connectivity index (χ1v) is 12.7. The second kappa shape index (κ2) is 9.91. The van der Waals surface area contributed by atoms with E-state index < -0.39 is 8.25 Å². The molecule has 0 saturated heterocycles. The molecule has 0 aliphatic heterocycles. The van der Waals surface area contributed by atoms with Crippen molar-refractivity contribution in [3.05, 3.63) is 106 Å². The number of benzene rings is 4. The van der Waals surface area contributed by atoms with Crippen LogP contribution in [0.5, 0.6) is 11.5 Å². The molecule has 34 heavy (non-hydrogen) atoms. The fraction of sp³-hybridized carbons (Fsp3) is 0.200. The molecule has 4 rings (SSSR count). The van der Waals surface area contributed by atoms with Crippen molar-refractivity contribution < 1.29 is 13.6 Å². The van der Waals surface area contributed by atoms with E-state index in [1.807, 2.05) is 48.5 Å². The topological polar surface area (TPSA) is 35.5 Å². The van der Waals surface area contributed by atoms with Gasteiger partial charge in [0, 0.05) is 0 Å². The molecular formula is C30H31O3P. The quantitative estimate of drug-likeness (QED) is 0.264. The maximum Gasteiger partial charge on any atom is 0.418 e. The molecule has 0 bridgehead atoms. The van der Waals surface area contributed by atoms with E-state index >= 15 is 0 Å². The molecular weight excluding hydrogens is 439 g/mol. The Morgan fingerprint density at radius 2 is 0.794 bits per heavy atom. The standard InChI is InChI=1S/C30H31O3P/c1-19-15-21(3)29(22(4)16-19)25-7-11-27(12-8-25)32-34(31)33-28-13-9-26(10-14-28)30-23(5)17-20(2)18-24(30)6/h7-18,34H,1-6H3. The Balaban J connectivity index is 1.43. The van der Waals surface area contributed by atoms with Gasteiger partial charge in [0.1, 0.15) is 11.5 Å². The average Bonchev–Trinajstić information content (AvgIpc) is 2.75. The first-order valence-electron chi connectivity index (χ1n) is 11.5. The van der Waals surface area contributed by atoms with Crippen LogP contribution in [0.25, 0.3) is 22.3 Å². The molecule has 0 unspecified atom stereocenters. The monoisotopic (exact) mass is 470 g/mol. The van der Waals surface area contributed by atoms with Crippen LogP contribution in [-0.2, 0) is 4.57 Å². The van der Waals surface area contributed by atoms with Crippen molar-refractivity contribution in [3.63, 3.8) is 0 Å². The summed E-state index contributed by atoms with van der Waals surface area (Å²) >= 11 is 0. The van der Waals surface area contributed by atoms with Gasteiger partial charge < -0.3 is 9.05 Å². The van der Waals surface area contributed by atoms with Crippen molar-refractivity contribution in [2.24, 2.45) is 0 Å². The zero-order valence-corrected chi connectivity index (χ0v) is 21.7. The predicted octanol–water partition coefficient (Wildman–Crippen LogP) is 8.72. The molecule has 174 valence electrons. The van der Waals surface area contributed by atoms with Crippen molar-refractivity contribution in [2.75, 3.05) is 0 Å². The largest absolute Gasteiger partial charge is 0.418 e. The van der Waals surface area contributed by atoms with Crippen molar-refractivity contribution in [3.8, 4) is 33.8 Å². The van der Waals surface area contributed by atoms with Crippen LogP contribution in [0.3, 0.4) is 0 Å². The van der Waals surface area contributed by atoms with Crippen LogP contribution < -0.4 is 9.05 Å². The molecule has 0 aliphatic carbocycles. The van der Waals surface area contributed by atoms with E-state index in [9.17, 15) is 4.57 Å². The van der Waals surface area contributed by atoms with Crippen molar-refractivity contribution in [2.45, 2.75) is 41.5 Å². The third-order valence-electron chi connectivity index (χ3n) is 6.04. The first kappa shape index (κ1) is 23.9. The van der Waals surface area contributed by atoms with Gasteiger partial charge in [-0.25, -0.2) is 4.57 Å². The second-order valence-electron chi connectivity index (χ2n) is 9.05. The van der Waals surface area contributed by atoms with Gasteiger partial charge in [-0.1, -0.05) is 59.7 Å². The first-order chi connectivity index (χ1) is 16.2. The van der Waals surface area contributed by atoms with E-state index in [1.54, 1.807) is 0 Å². The van der Waals surface area contributed by atoms with E-state index in [0.717, 1.165) is 11.1 Å². The molecule has 0 fully saturated rings. The Morgan fingerprint density at radius 1 is 0.500 bits per heavy atom. The summed E-state index contributed by atoms with van der Waals surface area (Å²) < 4.78 is 23.7. The van der Waals surface area contributed by atoms with Gasteiger partial charge >= 0.3 is 8.25 Å². The number of aryl methyl sites for hydroxylation is 6. The molecule has 4 heteroatoms. The number of hydrogen-bond donors (Lipinski definition) is 0. The zero-order chi connectivity index (χ0) is 24.4. The summed E-state index contributed by atoms with van der Waals surface area (Å²) in [7, 11) is -2.74. The highest BCUT2D eigenvalue weighted by molar-refractivity contribution is 7.34. The summed E-state index contributed by atoms with van der Waals surface area (Å²) in [6.45, 7) is 12.7. The van der Waals surface area contributed by atoms with E-state index in [1.165, 1.54) is 44.5 Å². The number of rotatable bonds is 6. The van der Waals surface area contributed by atoms with Crippen LogP contribution in [0.15, 0.2) is 72.8 Å². The molecule has 0 radical (unpaired) electrons. The molecule has 4 aromatic rings. The highest BCUT2D eigenvalue weighted by atomic mass is 31.1. The zero-order valence-electron chi connectivity index (χ0n) is 20.7. The van der Waals surface area contributed by atoms with Crippen LogP contribution in [0.1, 0.15) is 33.4 Å². The Labute approximate surface area is 203 Å². The molecule has 0 heterocycles. The van der Waals surface area contributed by atoms with Gasteiger partial charge in [-0.15, -0.1) is 0 Å². The lowest BCUT2D eigenvalue weighted by molar-refractivity contribution is 0.415. The van der Waals surface area contributed by atoms with Gasteiger partial charge in [0.05, 0.1) is 0 Å². The van der Waals surface area contributed by atoms with Gasteiger partial charge in [-0.2, -0.15) is 0 Å². The summed E-state index contributed by atoms with van der Waals surface area (Å²) in [6, 6.07) is 24.1. The molecule has 0 aliphatic rings. The molecule has 0 atom stereocenters. The summed E-state index contributed by atoms with van der Waals surface area (Å²) in [5.41, 5.74) is 12.1. The van der Waals surface area contributed by atoms with Crippen molar-refractivity contribution in [1.29, 1.82) is 0 Å². The molecule has 0 amide bonds. The van der Waals surface area contributed by atoms with E-state index in [0.29, 0.717) is 11.5 Å². The van der Waals surface area contributed by atoms with Crippen LogP contribution in [0, 0.1) is 41.5 Å². The lowest BCUT2D eigenvalue weighted by atomic mass is 9.94. The lowest BCUT2D eigenvalue weighted by Crippen LogP contribution is -1.92. The van der Waals surface area contributed by atoms with E-state index in [-0.39, 0.29) is 0 Å². The minimum atomic E-state index is -2.74. The number of hydrogen-bond acceptors (Lipinski definition) is 3. The minimum Gasteiger partial charge on any atom is -0.418 e. The fourth-order valence-electron chi connectivity index (χ4n) is 4.86. The average molecular weight is 471 g/mol. The molecule has 3 nitrogen and oxygen atoms in total.